The molecule has 76 valence electrons. The van der Waals surface area contributed by atoms with Crippen LogP contribution in [0.4, 0.5) is 0 Å². The van der Waals surface area contributed by atoms with Gasteiger partial charge in [-0.15, -0.1) is 0 Å². The smallest absolute Gasteiger partial charge is 0.188 e. The molecule has 1 atom stereocenters. The van der Waals surface area contributed by atoms with Gasteiger partial charge in [0, 0.05) is 19.7 Å². The molecule has 0 bridgehead atoms. The molecule has 1 fully saturated rings. The van der Waals surface area contributed by atoms with Crippen LogP contribution in [0.3, 0.4) is 0 Å². The maximum Gasteiger partial charge on any atom is 0.188 e. The first-order chi connectivity index (χ1) is 6.34. The lowest BCUT2D eigenvalue weighted by Crippen LogP contribution is -2.44. The normalized spacial score (nSPS) is 23.0. The Kier molecular flexibility index (Phi) is 4.97. The summed E-state index contributed by atoms with van der Waals surface area (Å²) in [5, 5.41) is 3.10. The second-order valence-corrected chi connectivity index (χ2v) is 3.08. The van der Waals surface area contributed by atoms with Crippen LogP contribution in [0.15, 0.2) is 0 Å². The van der Waals surface area contributed by atoms with Crippen LogP contribution in [0, 0.1) is 0 Å². The molecule has 0 saturated carbocycles. The summed E-state index contributed by atoms with van der Waals surface area (Å²) in [6.45, 7) is 4.91. The topological polar surface area (TPSA) is 47.6 Å². The molecule has 1 aliphatic heterocycles. The lowest BCUT2D eigenvalue weighted by Gasteiger charge is -2.22. The van der Waals surface area contributed by atoms with Crippen molar-refractivity contribution in [1.29, 1.82) is 0 Å². The zero-order valence-electron chi connectivity index (χ0n) is 8.04. The van der Waals surface area contributed by atoms with E-state index in [1.165, 1.54) is 0 Å². The SMILES string of the molecule is CCCOCC(=O)C1CNCCO1. The average Bonchev–Trinajstić information content (AvgIpc) is 2.19. The van der Waals surface area contributed by atoms with E-state index in [9.17, 15) is 4.79 Å². The van der Waals surface area contributed by atoms with Crippen LogP contribution in [0.1, 0.15) is 13.3 Å². The first-order valence-corrected chi connectivity index (χ1v) is 4.77. The zero-order valence-corrected chi connectivity index (χ0v) is 8.04. The molecule has 1 saturated heterocycles. The summed E-state index contributed by atoms with van der Waals surface area (Å²) < 4.78 is 10.4. The number of morpholine rings is 1. The van der Waals surface area contributed by atoms with Gasteiger partial charge >= 0.3 is 0 Å². The predicted molar refractivity (Wildman–Crippen MR) is 48.7 cm³/mol. The molecule has 1 aliphatic rings. The number of carbonyl (C=O) groups is 1. The maximum absolute atomic E-state index is 11.4. The van der Waals surface area contributed by atoms with Gasteiger partial charge < -0.3 is 14.8 Å². The molecule has 13 heavy (non-hydrogen) atoms. The molecule has 0 aliphatic carbocycles. The Labute approximate surface area is 78.6 Å². The number of ether oxygens (including phenoxy) is 2. The predicted octanol–water partition coefficient (Wildman–Crippen LogP) is -0.0295. The van der Waals surface area contributed by atoms with Crippen molar-refractivity contribution in [1.82, 2.24) is 5.32 Å². The molecule has 1 unspecified atom stereocenters. The summed E-state index contributed by atoms with van der Waals surface area (Å²) in [6.07, 6.45) is 0.641. The minimum absolute atomic E-state index is 0.0423. The second-order valence-electron chi connectivity index (χ2n) is 3.08. The number of ketones is 1. The Morgan fingerprint density at radius 1 is 1.69 bits per heavy atom. The van der Waals surface area contributed by atoms with Gasteiger partial charge in [-0.25, -0.2) is 0 Å². The number of nitrogens with one attached hydrogen (secondary N) is 1. The fourth-order valence-corrected chi connectivity index (χ4v) is 1.18. The van der Waals surface area contributed by atoms with Crippen LogP contribution < -0.4 is 5.32 Å². The van der Waals surface area contributed by atoms with Crippen LogP contribution in [-0.2, 0) is 14.3 Å². The van der Waals surface area contributed by atoms with E-state index in [0.717, 1.165) is 13.0 Å². The molecule has 0 aromatic rings. The Morgan fingerprint density at radius 2 is 2.54 bits per heavy atom. The van der Waals surface area contributed by atoms with E-state index in [0.29, 0.717) is 19.8 Å². The van der Waals surface area contributed by atoms with E-state index in [2.05, 4.69) is 5.32 Å². The summed E-state index contributed by atoms with van der Waals surface area (Å²) in [6, 6.07) is 0. The molecule has 1 heterocycles. The maximum atomic E-state index is 11.4. The van der Waals surface area contributed by atoms with Crippen LogP contribution >= 0.6 is 0 Å². The fourth-order valence-electron chi connectivity index (χ4n) is 1.18. The molecule has 0 radical (unpaired) electrons. The summed E-state index contributed by atoms with van der Waals surface area (Å²) in [4.78, 5) is 11.4. The Bertz CT molecular complexity index is 155. The van der Waals surface area contributed by atoms with E-state index in [4.69, 9.17) is 9.47 Å². The van der Waals surface area contributed by atoms with Gasteiger partial charge in [0.15, 0.2) is 5.78 Å². The van der Waals surface area contributed by atoms with Crippen molar-refractivity contribution in [2.24, 2.45) is 0 Å². The summed E-state index contributed by atoms with van der Waals surface area (Å²) in [5.74, 6) is 0.0423. The first-order valence-electron chi connectivity index (χ1n) is 4.77. The Balaban J connectivity index is 2.13. The Morgan fingerprint density at radius 3 is 3.15 bits per heavy atom. The van der Waals surface area contributed by atoms with E-state index < -0.39 is 0 Å². The van der Waals surface area contributed by atoms with Gasteiger partial charge in [-0.2, -0.15) is 0 Å². The quantitative estimate of drug-likeness (QED) is 0.614. The van der Waals surface area contributed by atoms with E-state index >= 15 is 0 Å². The van der Waals surface area contributed by atoms with Crippen molar-refractivity contribution in [2.45, 2.75) is 19.4 Å². The average molecular weight is 187 g/mol. The number of Topliss-reactive ketones (excluding diaryl/α,β-unsaturated/α-hetero) is 1. The van der Waals surface area contributed by atoms with Crippen LogP contribution in [0.25, 0.3) is 0 Å². The minimum Gasteiger partial charge on any atom is -0.374 e. The highest BCUT2D eigenvalue weighted by Gasteiger charge is 2.21. The molecule has 4 nitrogen and oxygen atoms in total. The number of rotatable bonds is 5. The molecular weight excluding hydrogens is 170 g/mol. The lowest BCUT2D eigenvalue weighted by atomic mass is 10.2. The molecule has 1 N–H and O–H groups in total. The highest BCUT2D eigenvalue weighted by molar-refractivity contribution is 5.84. The molecule has 0 aromatic carbocycles. The molecule has 1 rings (SSSR count). The van der Waals surface area contributed by atoms with E-state index in [1.807, 2.05) is 6.92 Å². The van der Waals surface area contributed by atoms with Gasteiger partial charge in [0.2, 0.25) is 0 Å². The highest BCUT2D eigenvalue weighted by Crippen LogP contribution is 1.98. The minimum atomic E-state index is -0.300. The molecule has 4 heteroatoms. The Hall–Kier alpha value is -0.450. The molecule has 0 spiro atoms. The number of hydrogen-bond donors (Lipinski definition) is 1. The summed E-state index contributed by atoms with van der Waals surface area (Å²) in [5.41, 5.74) is 0. The van der Waals surface area contributed by atoms with E-state index in [-0.39, 0.29) is 18.5 Å². The largest absolute Gasteiger partial charge is 0.374 e. The third kappa shape index (κ3) is 3.85. The van der Waals surface area contributed by atoms with Crippen molar-refractivity contribution in [3.8, 4) is 0 Å². The number of hydrogen-bond acceptors (Lipinski definition) is 4. The highest BCUT2D eigenvalue weighted by atomic mass is 16.5. The second kappa shape index (κ2) is 6.07. The third-order valence-electron chi connectivity index (χ3n) is 1.88. The van der Waals surface area contributed by atoms with Crippen LogP contribution in [0.5, 0.6) is 0 Å². The van der Waals surface area contributed by atoms with Crippen molar-refractivity contribution >= 4 is 5.78 Å². The standard InChI is InChI=1S/C9H17NO3/c1-2-4-12-7-8(11)9-6-10-3-5-13-9/h9-10H,2-7H2,1H3. The van der Waals surface area contributed by atoms with Crippen molar-refractivity contribution in [3.63, 3.8) is 0 Å². The lowest BCUT2D eigenvalue weighted by molar-refractivity contribution is -0.136. The third-order valence-corrected chi connectivity index (χ3v) is 1.88. The van der Waals surface area contributed by atoms with Crippen LogP contribution in [0.2, 0.25) is 0 Å². The summed E-state index contributed by atoms with van der Waals surface area (Å²) in [7, 11) is 0. The van der Waals surface area contributed by atoms with Gasteiger partial charge in [0.1, 0.15) is 12.7 Å². The van der Waals surface area contributed by atoms with Gasteiger partial charge in [-0.3, -0.25) is 4.79 Å². The monoisotopic (exact) mass is 187 g/mol. The van der Waals surface area contributed by atoms with Crippen molar-refractivity contribution in [3.05, 3.63) is 0 Å². The molecular formula is C9H17NO3. The van der Waals surface area contributed by atoms with Crippen molar-refractivity contribution in [2.75, 3.05) is 32.9 Å². The fraction of sp³-hybridized carbons (Fsp3) is 0.889. The van der Waals surface area contributed by atoms with E-state index in [1.54, 1.807) is 0 Å². The van der Waals surface area contributed by atoms with Gasteiger partial charge in [-0.05, 0) is 6.42 Å². The van der Waals surface area contributed by atoms with Gasteiger partial charge in [0.05, 0.1) is 6.61 Å². The number of carbonyl (C=O) groups excluding carboxylic acids is 1. The van der Waals surface area contributed by atoms with Gasteiger partial charge in [-0.1, -0.05) is 6.92 Å². The summed E-state index contributed by atoms with van der Waals surface area (Å²) >= 11 is 0. The molecule has 0 aromatic heterocycles. The van der Waals surface area contributed by atoms with Crippen molar-refractivity contribution < 1.29 is 14.3 Å². The van der Waals surface area contributed by atoms with Crippen LogP contribution in [-0.4, -0.2) is 44.8 Å². The first kappa shape index (κ1) is 10.6. The molecule has 0 amide bonds. The zero-order chi connectivity index (χ0) is 9.52. The van der Waals surface area contributed by atoms with Gasteiger partial charge in [0.25, 0.3) is 0 Å².